The van der Waals surface area contributed by atoms with Gasteiger partial charge in [0.05, 0.1) is 11.5 Å². The minimum Gasteiger partial charge on any atom is -0.508 e. The minimum absolute atomic E-state index is 0.00717. The van der Waals surface area contributed by atoms with E-state index in [0.717, 1.165) is 11.1 Å². The Morgan fingerprint density at radius 1 is 0.967 bits per heavy atom. The number of ether oxygens (including phenoxy) is 1. The highest BCUT2D eigenvalue weighted by atomic mass is 16.5. The Morgan fingerprint density at radius 2 is 1.63 bits per heavy atom. The smallest absolute Gasteiger partial charge is 0.177 e. The molecule has 5 heteroatoms. The molecule has 30 heavy (non-hydrogen) atoms. The first-order valence-electron chi connectivity index (χ1n) is 10.0. The van der Waals surface area contributed by atoms with Crippen LogP contribution >= 0.6 is 0 Å². The summed E-state index contributed by atoms with van der Waals surface area (Å²) in [5, 5.41) is 30.9. The van der Waals surface area contributed by atoms with Crippen LogP contribution in [0.25, 0.3) is 0 Å². The van der Waals surface area contributed by atoms with Gasteiger partial charge in [0, 0.05) is 17.2 Å². The normalized spacial score (nSPS) is 15.2. The van der Waals surface area contributed by atoms with Gasteiger partial charge in [0.1, 0.15) is 29.6 Å². The summed E-state index contributed by atoms with van der Waals surface area (Å²) in [5.74, 6) is -0.520. The highest BCUT2D eigenvalue weighted by Crippen LogP contribution is 2.42. The Labute approximate surface area is 177 Å². The molecule has 0 aliphatic carbocycles. The van der Waals surface area contributed by atoms with Gasteiger partial charge in [0.25, 0.3) is 0 Å². The molecule has 0 saturated heterocycles. The number of phenols is 3. The number of fused-ring (bicyclic) bond motifs is 1. The lowest BCUT2D eigenvalue weighted by molar-refractivity contribution is 0.0892. The maximum atomic E-state index is 13.3. The number of Topliss-reactive ketones (excluding diaryl/α,β-unsaturated/α-hetero) is 1. The zero-order chi connectivity index (χ0) is 22.0. The molecule has 1 atom stereocenters. The standard InChI is InChI=1S/C25H28O5/c1-14(2)5-7-16-11-19(23(28)12-22(16)27)20-13-30-25-17(8-6-15(3)4)21(26)10-9-18(25)24(20)29/h5-6,9-12,20,26-28H,7-8,13H2,1-4H3/t20-/m0/s1. The SMILES string of the molecule is CC(C)=CCc1cc([C@@H]2COc3c(ccc(O)c3CC=C(C)C)C2=O)c(O)cc1O. The van der Waals surface area contributed by atoms with Crippen LogP contribution in [0.2, 0.25) is 0 Å². The zero-order valence-electron chi connectivity index (χ0n) is 17.8. The van der Waals surface area contributed by atoms with Crippen LogP contribution in [0, 0.1) is 0 Å². The van der Waals surface area contributed by atoms with Crippen LogP contribution in [0.1, 0.15) is 60.7 Å². The summed E-state index contributed by atoms with van der Waals surface area (Å²) in [4.78, 5) is 13.3. The maximum absolute atomic E-state index is 13.3. The molecule has 3 rings (SSSR count). The van der Waals surface area contributed by atoms with Crippen molar-refractivity contribution in [1.29, 1.82) is 0 Å². The molecule has 0 aromatic heterocycles. The molecule has 0 unspecified atom stereocenters. The van der Waals surface area contributed by atoms with E-state index in [0.29, 0.717) is 40.8 Å². The van der Waals surface area contributed by atoms with Crippen molar-refractivity contribution in [2.75, 3.05) is 6.61 Å². The molecule has 5 nitrogen and oxygen atoms in total. The Hall–Kier alpha value is -3.21. The van der Waals surface area contributed by atoms with E-state index in [1.165, 1.54) is 12.1 Å². The van der Waals surface area contributed by atoms with E-state index < -0.39 is 5.92 Å². The van der Waals surface area contributed by atoms with Crippen LogP contribution in [0.15, 0.2) is 47.6 Å². The molecule has 1 aliphatic rings. The summed E-state index contributed by atoms with van der Waals surface area (Å²) < 4.78 is 5.93. The first-order chi connectivity index (χ1) is 14.2. The number of rotatable bonds is 5. The molecule has 1 aliphatic heterocycles. The van der Waals surface area contributed by atoms with E-state index in [2.05, 4.69) is 0 Å². The lowest BCUT2D eigenvalue weighted by Gasteiger charge is -2.27. The molecule has 0 amide bonds. The number of allylic oxidation sites excluding steroid dienone is 4. The van der Waals surface area contributed by atoms with Crippen LogP contribution in [-0.2, 0) is 12.8 Å². The predicted octanol–water partition coefficient (Wildman–Crippen LogP) is 5.18. The predicted molar refractivity (Wildman–Crippen MR) is 117 cm³/mol. The van der Waals surface area contributed by atoms with E-state index in [1.54, 1.807) is 12.1 Å². The zero-order valence-corrected chi connectivity index (χ0v) is 17.8. The Morgan fingerprint density at radius 3 is 2.30 bits per heavy atom. The van der Waals surface area contributed by atoms with Gasteiger partial charge in [-0.25, -0.2) is 0 Å². The number of carbonyl (C=O) groups is 1. The highest BCUT2D eigenvalue weighted by Gasteiger charge is 2.34. The first-order valence-corrected chi connectivity index (χ1v) is 10.0. The molecule has 3 N–H and O–H groups in total. The molecule has 0 radical (unpaired) electrons. The minimum atomic E-state index is -0.690. The number of phenolic OH excluding ortho intramolecular Hbond substituents is 3. The van der Waals surface area contributed by atoms with Gasteiger partial charge < -0.3 is 20.1 Å². The van der Waals surface area contributed by atoms with Crippen molar-refractivity contribution >= 4 is 5.78 Å². The number of hydrogen-bond donors (Lipinski definition) is 3. The number of benzene rings is 2. The van der Waals surface area contributed by atoms with Crippen LogP contribution in [0.3, 0.4) is 0 Å². The van der Waals surface area contributed by atoms with Crippen molar-refractivity contribution in [3.63, 3.8) is 0 Å². The van der Waals surface area contributed by atoms with Gasteiger partial charge in [-0.3, -0.25) is 4.79 Å². The van der Waals surface area contributed by atoms with Crippen molar-refractivity contribution in [2.24, 2.45) is 0 Å². The second-order valence-electron chi connectivity index (χ2n) is 8.18. The van der Waals surface area contributed by atoms with Crippen molar-refractivity contribution in [3.05, 3.63) is 69.8 Å². The second kappa shape index (κ2) is 8.66. The largest absolute Gasteiger partial charge is 0.508 e. The van der Waals surface area contributed by atoms with Crippen molar-refractivity contribution in [3.8, 4) is 23.0 Å². The van der Waals surface area contributed by atoms with Gasteiger partial charge in [0.15, 0.2) is 5.78 Å². The van der Waals surface area contributed by atoms with E-state index in [-0.39, 0.29) is 29.6 Å². The number of ketones is 1. The van der Waals surface area contributed by atoms with Crippen LogP contribution < -0.4 is 4.74 Å². The fraction of sp³-hybridized carbons (Fsp3) is 0.320. The molecular formula is C25H28O5. The van der Waals surface area contributed by atoms with E-state index >= 15 is 0 Å². The number of carbonyl (C=O) groups excluding carboxylic acids is 1. The molecule has 158 valence electrons. The van der Waals surface area contributed by atoms with Gasteiger partial charge >= 0.3 is 0 Å². The maximum Gasteiger partial charge on any atom is 0.177 e. The Balaban J connectivity index is 2.00. The Bertz CT molecular complexity index is 1040. The van der Waals surface area contributed by atoms with E-state index in [9.17, 15) is 20.1 Å². The van der Waals surface area contributed by atoms with E-state index in [1.807, 2.05) is 39.8 Å². The lowest BCUT2D eigenvalue weighted by atomic mass is 9.85. The highest BCUT2D eigenvalue weighted by molar-refractivity contribution is 6.05. The van der Waals surface area contributed by atoms with Gasteiger partial charge in [-0.2, -0.15) is 0 Å². The molecule has 0 bridgehead atoms. The molecule has 1 heterocycles. The average Bonchev–Trinajstić information content (AvgIpc) is 2.67. The molecule has 2 aromatic rings. The van der Waals surface area contributed by atoms with Gasteiger partial charge in [-0.15, -0.1) is 0 Å². The van der Waals surface area contributed by atoms with Crippen LogP contribution in [-0.4, -0.2) is 27.7 Å². The van der Waals surface area contributed by atoms with Crippen LogP contribution in [0.5, 0.6) is 23.0 Å². The average molecular weight is 408 g/mol. The summed E-state index contributed by atoms with van der Waals surface area (Å²) in [6.07, 6.45) is 4.91. The lowest BCUT2D eigenvalue weighted by Crippen LogP contribution is -2.27. The fourth-order valence-corrected chi connectivity index (χ4v) is 3.54. The second-order valence-corrected chi connectivity index (χ2v) is 8.18. The summed E-state index contributed by atoms with van der Waals surface area (Å²) >= 11 is 0. The van der Waals surface area contributed by atoms with Gasteiger partial charge in [0.2, 0.25) is 0 Å². The first kappa shape index (κ1) is 21.5. The summed E-state index contributed by atoms with van der Waals surface area (Å²) in [6, 6.07) is 6.02. The molecular weight excluding hydrogens is 380 g/mol. The number of hydrogen-bond acceptors (Lipinski definition) is 5. The topological polar surface area (TPSA) is 87.0 Å². The molecule has 2 aromatic carbocycles. The summed E-state index contributed by atoms with van der Waals surface area (Å²) in [6.45, 7) is 7.92. The summed E-state index contributed by atoms with van der Waals surface area (Å²) in [5.41, 5.74) is 4.25. The van der Waals surface area contributed by atoms with Crippen molar-refractivity contribution in [2.45, 2.75) is 46.5 Å². The number of aromatic hydroxyl groups is 3. The quantitative estimate of drug-likeness (QED) is 0.594. The summed E-state index contributed by atoms with van der Waals surface area (Å²) in [7, 11) is 0. The molecule has 0 spiro atoms. The molecule has 0 saturated carbocycles. The van der Waals surface area contributed by atoms with Gasteiger partial charge in [-0.1, -0.05) is 23.3 Å². The Kier molecular flexibility index (Phi) is 6.20. The van der Waals surface area contributed by atoms with E-state index in [4.69, 9.17) is 4.74 Å². The monoisotopic (exact) mass is 408 g/mol. The molecule has 0 fully saturated rings. The van der Waals surface area contributed by atoms with Gasteiger partial charge in [-0.05, 0) is 64.3 Å². The van der Waals surface area contributed by atoms with Crippen LogP contribution in [0.4, 0.5) is 0 Å². The third-order valence-electron chi connectivity index (χ3n) is 5.26. The van der Waals surface area contributed by atoms with Crippen molar-refractivity contribution in [1.82, 2.24) is 0 Å². The van der Waals surface area contributed by atoms with Crippen molar-refractivity contribution < 1.29 is 24.9 Å². The fourth-order valence-electron chi connectivity index (χ4n) is 3.54. The third-order valence-corrected chi connectivity index (χ3v) is 5.26. The third kappa shape index (κ3) is 4.35.